The first-order valence-corrected chi connectivity index (χ1v) is 19.1. The molecule has 8 aromatic carbocycles. The molecule has 0 amide bonds. The van der Waals surface area contributed by atoms with Gasteiger partial charge in [0, 0.05) is 47.4 Å². The highest BCUT2D eigenvalue weighted by atomic mass is 32.1. The van der Waals surface area contributed by atoms with Crippen molar-refractivity contribution in [2.45, 2.75) is 0 Å². The molecule has 3 heterocycles. The number of nitrogens with zero attached hydrogens (tertiary/aromatic N) is 1. The van der Waals surface area contributed by atoms with Gasteiger partial charge >= 0.3 is 0 Å². The van der Waals surface area contributed by atoms with E-state index in [4.69, 9.17) is 4.42 Å². The number of anilines is 3. The first-order chi connectivity index (χ1) is 25.8. The van der Waals surface area contributed by atoms with Crippen molar-refractivity contribution in [3.63, 3.8) is 0 Å². The summed E-state index contributed by atoms with van der Waals surface area (Å²) in [5.41, 5.74) is 10.2. The third-order valence-electron chi connectivity index (χ3n) is 10.3. The standard InChI is InChI=1S/C48H29NOS2/c1-3-12-30(13-4-1)31-24-26-33(27-25-31)49(40-21-10-19-36-35-18-9-17-34(45(35)51-46(36)40)32-14-5-2-6-15-32)41-22-11-20-37-38-28-29-43-44(48(38)52-47(37)41)39-16-7-8-23-42(39)50-43/h1-29H. The van der Waals surface area contributed by atoms with E-state index in [1.165, 1.54) is 79.4 Å². The lowest BCUT2D eigenvalue weighted by molar-refractivity contribution is 0.669. The molecule has 4 heteroatoms. The second-order valence-corrected chi connectivity index (χ2v) is 15.3. The number of thiophene rings is 2. The van der Waals surface area contributed by atoms with Gasteiger partial charge in [-0.2, -0.15) is 0 Å². The van der Waals surface area contributed by atoms with Crippen molar-refractivity contribution < 1.29 is 4.42 Å². The Morgan fingerprint density at radius 3 is 1.60 bits per heavy atom. The monoisotopic (exact) mass is 699 g/mol. The maximum absolute atomic E-state index is 6.34. The van der Waals surface area contributed by atoms with Crippen LogP contribution in [0.25, 0.3) is 84.5 Å². The van der Waals surface area contributed by atoms with E-state index in [-0.39, 0.29) is 0 Å². The quantitative estimate of drug-likeness (QED) is 0.178. The molecule has 3 aromatic heterocycles. The number of furan rings is 1. The molecule has 0 aliphatic heterocycles. The second-order valence-electron chi connectivity index (χ2n) is 13.2. The van der Waals surface area contributed by atoms with Crippen molar-refractivity contribution in [2.24, 2.45) is 0 Å². The Kier molecular flexibility index (Phi) is 6.63. The molecular weight excluding hydrogens is 671 g/mol. The summed E-state index contributed by atoms with van der Waals surface area (Å²) in [6, 6.07) is 63.5. The van der Waals surface area contributed by atoms with Gasteiger partial charge in [-0.15, -0.1) is 22.7 Å². The molecule has 52 heavy (non-hydrogen) atoms. The first kappa shape index (κ1) is 29.5. The Balaban J connectivity index is 1.19. The van der Waals surface area contributed by atoms with E-state index in [9.17, 15) is 0 Å². The van der Waals surface area contributed by atoms with Crippen LogP contribution in [0.3, 0.4) is 0 Å². The van der Waals surface area contributed by atoms with Crippen LogP contribution in [0.2, 0.25) is 0 Å². The molecule has 11 rings (SSSR count). The SMILES string of the molecule is c1ccc(-c2ccc(N(c3cccc4c3sc3c(-c5ccccc5)cccc34)c3cccc4c3sc3c4ccc4oc5ccccc5c43)cc2)cc1. The van der Waals surface area contributed by atoms with Gasteiger partial charge in [-0.05, 0) is 64.7 Å². The van der Waals surface area contributed by atoms with Gasteiger partial charge in [0.15, 0.2) is 0 Å². The van der Waals surface area contributed by atoms with Crippen molar-refractivity contribution in [1.82, 2.24) is 0 Å². The fourth-order valence-electron chi connectivity index (χ4n) is 7.89. The summed E-state index contributed by atoms with van der Waals surface area (Å²) in [6.07, 6.45) is 0. The number of benzene rings is 8. The smallest absolute Gasteiger partial charge is 0.136 e. The summed E-state index contributed by atoms with van der Waals surface area (Å²) in [4.78, 5) is 2.48. The van der Waals surface area contributed by atoms with Crippen LogP contribution in [0.15, 0.2) is 180 Å². The van der Waals surface area contributed by atoms with E-state index < -0.39 is 0 Å². The van der Waals surface area contributed by atoms with Gasteiger partial charge in [0.05, 0.1) is 20.8 Å². The topological polar surface area (TPSA) is 16.4 Å². The zero-order valence-corrected chi connectivity index (χ0v) is 29.5. The Morgan fingerprint density at radius 1 is 0.346 bits per heavy atom. The zero-order chi connectivity index (χ0) is 34.2. The molecule has 11 aromatic rings. The van der Waals surface area contributed by atoms with Gasteiger partial charge in [-0.3, -0.25) is 0 Å². The molecule has 0 N–H and O–H groups in total. The van der Waals surface area contributed by atoms with E-state index in [1.54, 1.807) is 0 Å². The number of hydrogen-bond donors (Lipinski definition) is 0. The Labute approximate surface area is 308 Å². The highest BCUT2D eigenvalue weighted by Gasteiger charge is 2.23. The molecule has 0 bridgehead atoms. The van der Waals surface area contributed by atoms with E-state index in [0.29, 0.717) is 0 Å². The van der Waals surface area contributed by atoms with Crippen molar-refractivity contribution in [3.05, 3.63) is 176 Å². The lowest BCUT2D eigenvalue weighted by atomic mass is 10.0. The van der Waals surface area contributed by atoms with Crippen LogP contribution in [-0.4, -0.2) is 0 Å². The van der Waals surface area contributed by atoms with Crippen LogP contribution in [0.5, 0.6) is 0 Å². The predicted octanol–water partition coefficient (Wildman–Crippen LogP) is 15.1. The lowest BCUT2D eigenvalue weighted by Crippen LogP contribution is -2.10. The van der Waals surface area contributed by atoms with Crippen LogP contribution >= 0.6 is 22.7 Å². The number of fused-ring (bicyclic) bond motifs is 10. The number of hydrogen-bond acceptors (Lipinski definition) is 4. The molecule has 0 atom stereocenters. The molecule has 0 spiro atoms. The maximum atomic E-state index is 6.34. The van der Waals surface area contributed by atoms with Gasteiger partial charge in [-0.25, -0.2) is 0 Å². The Morgan fingerprint density at radius 2 is 0.885 bits per heavy atom. The molecule has 0 aliphatic carbocycles. The molecule has 0 radical (unpaired) electrons. The second kappa shape index (κ2) is 11.7. The largest absolute Gasteiger partial charge is 0.456 e. The average Bonchev–Trinajstić information content (AvgIpc) is 3.91. The van der Waals surface area contributed by atoms with E-state index in [1.807, 2.05) is 28.7 Å². The van der Waals surface area contributed by atoms with E-state index >= 15 is 0 Å². The minimum atomic E-state index is 0.925. The molecule has 0 unspecified atom stereocenters. The maximum Gasteiger partial charge on any atom is 0.136 e. The zero-order valence-electron chi connectivity index (χ0n) is 27.9. The van der Waals surface area contributed by atoms with Gasteiger partial charge in [0.2, 0.25) is 0 Å². The lowest BCUT2D eigenvalue weighted by Gasteiger charge is -2.27. The van der Waals surface area contributed by atoms with Crippen LogP contribution in [0.4, 0.5) is 17.1 Å². The highest BCUT2D eigenvalue weighted by molar-refractivity contribution is 7.27. The Hall–Kier alpha value is -6.20. The molecule has 0 saturated heterocycles. The molecule has 0 saturated carbocycles. The number of rotatable bonds is 5. The van der Waals surface area contributed by atoms with Crippen molar-refractivity contribution in [3.8, 4) is 22.3 Å². The summed E-state index contributed by atoms with van der Waals surface area (Å²) in [5.74, 6) is 0. The van der Waals surface area contributed by atoms with Gasteiger partial charge in [0.25, 0.3) is 0 Å². The summed E-state index contributed by atoms with van der Waals surface area (Å²) in [7, 11) is 0. The fourth-order valence-corrected chi connectivity index (χ4v) is 10.6. The molecule has 0 aliphatic rings. The summed E-state index contributed by atoms with van der Waals surface area (Å²) in [6.45, 7) is 0. The van der Waals surface area contributed by atoms with Gasteiger partial charge < -0.3 is 9.32 Å². The first-order valence-electron chi connectivity index (χ1n) is 17.5. The van der Waals surface area contributed by atoms with Crippen LogP contribution in [0, 0.1) is 0 Å². The van der Waals surface area contributed by atoms with Crippen LogP contribution in [0.1, 0.15) is 0 Å². The summed E-state index contributed by atoms with van der Waals surface area (Å²) in [5, 5.41) is 7.43. The van der Waals surface area contributed by atoms with E-state index in [2.05, 4.69) is 175 Å². The van der Waals surface area contributed by atoms with E-state index in [0.717, 1.165) is 22.2 Å². The van der Waals surface area contributed by atoms with Crippen LogP contribution in [-0.2, 0) is 0 Å². The highest BCUT2D eigenvalue weighted by Crippen LogP contribution is 2.51. The normalized spacial score (nSPS) is 11.8. The summed E-state index contributed by atoms with van der Waals surface area (Å²) >= 11 is 3.76. The van der Waals surface area contributed by atoms with Gasteiger partial charge in [-0.1, -0.05) is 133 Å². The third kappa shape index (κ3) is 4.48. The minimum Gasteiger partial charge on any atom is -0.456 e. The van der Waals surface area contributed by atoms with Crippen molar-refractivity contribution in [1.29, 1.82) is 0 Å². The third-order valence-corrected chi connectivity index (χ3v) is 12.8. The average molecular weight is 700 g/mol. The summed E-state index contributed by atoms with van der Waals surface area (Å²) < 4.78 is 11.4. The molecule has 2 nitrogen and oxygen atoms in total. The van der Waals surface area contributed by atoms with Crippen molar-refractivity contribution >= 4 is 102 Å². The molecule has 0 fully saturated rings. The minimum absolute atomic E-state index is 0.925. The molecular formula is C48H29NOS2. The fraction of sp³-hybridized carbons (Fsp3) is 0. The van der Waals surface area contributed by atoms with Gasteiger partial charge in [0.1, 0.15) is 11.2 Å². The molecule has 244 valence electrons. The Bertz CT molecular complexity index is 3120. The number of para-hydroxylation sites is 1. The predicted molar refractivity (Wildman–Crippen MR) is 225 cm³/mol. The van der Waals surface area contributed by atoms with Crippen LogP contribution < -0.4 is 4.90 Å². The van der Waals surface area contributed by atoms with Crippen molar-refractivity contribution in [2.75, 3.05) is 4.90 Å².